The van der Waals surface area contributed by atoms with Crippen LogP contribution in [0.3, 0.4) is 0 Å². The van der Waals surface area contributed by atoms with Crippen LogP contribution in [0.2, 0.25) is 5.28 Å². The van der Waals surface area contributed by atoms with Gasteiger partial charge in [0.05, 0.1) is 12.0 Å². The Hall–Kier alpha value is -1.60. The fraction of sp³-hybridized carbons (Fsp3) is 0.533. The molecule has 1 amide bonds. The molecule has 0 unspecified atom stereocenters. The molecule has 0 N–H and O–H groups in total. The number of carbonyl (C=O) groups is 1. The molecule has 3 heterocycles. The van der Waals surface area contributed by atoms with Gasteiger partial charge in [0.1, 0.15) is 10.6 Å². The van der Waals surface area contributed by atoms with Gasteiger partial charge in [-0.2, -0.15) is 4.98 Å². The zero-order chi connectivity index (χ0) is 16.6. The van der Waals surface area contributed by atoms with Gasteiger partial charge < -0.3 is 14.5 Å². The lowest BCUT2D eigenvalue weighted by Crippen LogP contribution is -2.49. The number of rotatable bonds is 2. The first-order valence-corrected chi connectivity index (χ1v) is 8.80. The highest BCUT2D eigenvalue weighted by Gasteiger charge is 2.25. The van der Waals surface area contributed by atoms with Crippen molar-refractivity contribution in [2.24, 2.45) is 0 Å². The van der Waals surface area contributed by atoms with Crippen molar-refractivity contribution in [1.29, 1.82) is 0 Å². The molecular formula is C15H19ClN4O2S. The third-order valence-electron chi connectivity index (χ3n) is 4.09. The van der Waals surface area contributed by atoms with Gasteiger partial charge in [-0.25, -0.2) is 9.78 Å². The van der Waals surface area contributed by atoms with Crippen LogP contribution in [0.15, 0.2) is 0 Å². The Morgan fingerprint density at radius 2 is 1.96 bits per heavy atom. The standard InChI is InChI=1S/C15H19ClN4O2S/c1-4-22-15(21)20-7-5-19(6-8-20)12-11-9(2)10(3)23-13(11)18-14(16)17-12/h4-8H2,1-3H3. The summed E-state index contributed by atoms with van der Waals surface area (Å²) in [5, 5.41) is 1.34. The number of piperazine rings is 1. The van der Waals surface area contributed by atoms with Gasteiger partial charge in [-0.3, -0.25) is 0 Å². The molecule has 1 aliphatic rings. The Morgan fingerprint density at radius 1 is 1.26 bits per heavy atom. The molecule has 2 aromatic rings. The van der Waals surface area contributed by atoms with Gasteiger partial charge in [-0.1, -0.05) is 0 Å². The third-order valence-corrected chi connectivity index (χ3v) is 5.36. The molecule has 3 rings (SSSR count). The number of ether oxygens (including phenoxy) is 1. The Labute approximate surface area is 144 Å². The van der Waals surface area contributed by atoms with E-state index in [4.69, 9.17) is 16.3 Å². The molecule has 1 fully saturated rings. The third kappa shape index (κ3) is 3.07. The van der Waals surface area contributed by atoms with E-state index in [9.17, 15) is 4.79 Å². The van der Waals surface area contributed by atoms with Crippen molar-refractivity contribution in [3.8, 4) is 0 Å². The minimum atomic E-state index is -0.249. The molecule has 0 saturated carbocycles. The van der Waals surface area contributed by atoms with Crippen LogP contribution in [0.1, 0.15) is 17.4 Å². The number of hydrogen-bond acceptors (Lipinski definition) is 6. The van der Waals surface area contributed by atoms with Crippen LogP contribution in [0.25, 0.3) is 10.2 Å². The van der Waals surface area contributed by atoms with Gasteiger partial charge in [-0.15, -0.1) is 11.3 Å². The van der Waals surface area contributed by atoms with Crippen LogP contribution in [-0.4, -0.2) is 53.7 Å². The number of anilines is 1. The van der Waals surface area contributed by atoms with Crippen molar-refractivity contribution in [3.05, 3.63) is 15.7 Å². The molecule has 23 heavy (non-hydrogen) atoms. The Kier molecular flexibility index (Phi) is 4.59. The summed E-state index contributed by atoms with van der Waals surface area (Å²) in [6, 6.07) is 0. The molecule has 0 aromatic carbocycles. The molecule has 0 aliphatic carbocycles. The second kappa shape index (κ2) is 6.49. The number of hydrogen-bond donors (Lipinski definition) is 0. The summed E-state index contributed by atoms with van der Waals surface area (Å²) < 4.78 is 5.06. The van der Waals surface area contributed by atoms with Gasteiger partial charge in [0, 0.05) is 31.1 Å². The number of amides is 1. The number of thiophene rings is 1. The summed E-state index contributed by atoms with van der Waals surface area (Å²) in [5.74, 6) is 0.866. The van der Waals surface area contributed by atoms with E-state index in [1.54, 1.807) is 16.2 Å². The summed E-state index contributed by atoms with van der Waals surface area (Å²) in [6.07, 6.45) is -0.249. The van der Waals surface area contributed by atoms with E-state index in [0.29, 0.717) is 32.8 Å². The van der Waals surface area contributed by atoms with Crippen LogP contribution in [0.5, 0.6) is 0 Å². The average molecular weight is 355 g/mol. The Bertz CT molecular complexity index is 741. The summed E-state index contributed by atoms with van der Waals surface area (Å²) in [7, 11) is 0. The molecule has 0 atom stereocenters. The highest BCUT2D eigenvalue weighted by atomic mass is 35.5. The summed E-state index contributed by atoms with van der Waals surface area (Å²) in [4.78, 5) is 26.6. The number of halogens is 1. The molecule has 1 aliphatic heterocycles. The fourth-order valence-electron chi connectivity index (χ4n) is 2.75. The van der Waals surface area contributed by atoms with E-state index in [2.05, 4.69) is 28.7 Å². The first kappa shape index (κ1) is 16.3. The fourth-order valence-corrected chi connectivity index (χ4v) is 3.99. The molecule has 8 heteroatoms. The van der Waals surface area contributed by atoms with E-state index in [1.165, 1.54) is 10.4 Å². The summed E-state index contributed by atoms with van der Waals surface area (Å²) >= 11 is 7.73. The number of aryl methyl sites for hydroxylation is 2. The SMILES string of the molecule is CCOC(=O)N1CCN(c2nc(Cl)nc3sc(C)c(C)c23)CC1. The van der Waals surface area contributed by atoms with Crippen molar-refractivity contribution in [1.82, 2.24) is 14.9 Å². The summed E-state index contributed by atoms with van der Waals surface area (Å²) in [5.41, 5.74) is 1.20. The van der Waals surface area contributed by atoms with Crippen molar-refractivity contribution < 1.29 is 9.53 Å². The van der Waals surface area contributed by atoms with Crippen LogP contribution < -0.4 is 4.90 Å². The van der Waals surface area contributed by atoms with E-state index in [-0.39, 0.29) is 11.4 Å². The van der Waals surface area contributed by atoms with Gasteiger partial charge in [-0.05, 0) is 37.9 Å². The monoisotopic (exact) mass is 354 g/mol. The number of fused-ring (bicyclic) bond motifs is 1. The van der Waals surface area contributed by atoms with Crippen molar-refractivity contribution in [2.75, 3.05) is 37.7 Å². The van der Waals surface area contributed by atoms with Gasteiger partial charge in [0.15, 0.2) is 0 Å². The maximum Gasteiger partial charge on any atom is 0.409 e. The normalized spacial score (nSPS) is 15.3. The van der Waals surface area contributed by atoms with Crippen LogP contribution in [0.4, 0.5) is 10.6 Å². The summed E-state index contributed by atoms with van der Waals surface area (Å²) in [6.45, 7) is 9.02. The van der Waals surface area contributed by atoms with Crippen LogP contribution in [-0.2, 0) is 4.74 Å². The number of aromatic nitrogens is 2. The maximum atomic E-state index is 11.8. The lowest BCUT2D eigenvalue weighted by Gasteiger charge is -2.35. The molecule has 0 radical (unpaired) electrons. The number of nitrogens with zero attached hydrogens (tertiary/aromatic N) is 4. The van der Waals surface area contributed by atoms with E-state index in [1.807, 2.05) is 6.92 Å². The van der Waals surface area contributed by atoms with Gasteiger partial charge >= 0.3 is 6.09 Å². The lowest BCUT2D eigenvalue weighted by molar-refractivity contribution is 0.105. The molecular weight excluding hydrogens is 336 g/mol. The highest BCUT2D eigenvalue weighted by molar-refractivity contribution is 7.18. The highest BCUT2D eigenvalue weighted by Crippen LogP contribution is 2.36. The van der Waals surface area contributed by atoms with Gasteiger partial charge in [0.25, 0.3) is 0 Å². The first-order valence-electron chi connectivity index (χ1n) is 7.61. The Balaban J connectivity index is 1.86. The molecule has 1 saturated heterocycles. The molecule has 2 aromatic heterocycles. The second-order valence-electron chi connectivity index (χ2n) is 5.45. The molecule has 124 valence electrons. The maximum absolute atomic E-state index is 11.8. The predicted octanol–water partition coefficient (Wildman–Crippen LogP) is 3.24. The van der Waals surface area contributed by atoms with Crippen LogP contribution >= 0.6 is 22.9 Å². The average Bonchev–Trinajstić information content (AvgIpc) is 2.81. The molecule has 6 nitrogen and oxygen atoms in total. The zero-order valence-electron chi connectivity index (χ0n) is 13.4. The predicted molar refractivity (Wildman–Crippen MR) is 92.7 cm³/mol. The first-order chi connectivity index (χ1) is 11.0. The minimum Gasteiger partial charge on any atom is -0.450 e. The Morgan fingerprint density at radius 3 is 2.61 bits per heavy atom. The topological polar surface area (TPSA) is 58.6 Å². The van der Waals surface area contributed by atoms with E-state index >= 15 is 0 Å². The zero-order valence-corrected chi connectivity index (χ0v) is 15.0. The smallest absolute Gasteiger partial charge is 0.409 e. The quantitative estimate of drug-likeness (QED) is 0.775. The van der Waals surface area contributed by atoms with Gasteiger partial charge in [0.2, 0.25) is 5.28 Å². The van der Waals surface area contributed by atoms with E-state index < -0.39 is 0 Å². The minimum absolute atomic E-state index is 0.249. The van der Waals surface area contributed by atoms with Crippen molar-refractivity contribution in [3.63, 3.8) is 0 Å². The molecule has 0 spiro atoms. The largest absolute Gasteiger partial charge is 0.450 e. The molecule has 0 bridgehead atoms. The van der Waals surface area contributed by atoms with E-state index in [0.717, 1.165) is 16.0 Å². The second-order valence-corrected chi connectivity index (χ2v) is 6.99. The number of carbonyl (C=O) groups excluding carboxylic acids is 1. The van der Waals surface area contributed by atoms with Crippen molar-refractivity contribution in [2.45, 2.75) is 20.8 Å². The van der Waals surface area contributed by atoms with Crippen molar-refractivity contribution >= 4 is 45.1 Å². The lowest BCUT2D eigenvalue weighted by atomic mass is 10.2. The van der Waals surface area contributed by atoms with Crippen LogP contribution in [0, 0.1) is 13.8 Å².